The molecule has 0 aromatic rings. The molecule has 0 saturated carbocycles. The summed E-state index contributed by atoms with van der Waals surface area (Å²) in [4.78, 5) is 13.7. The molecule has 3 nitrogen and oxygen atoms in total. The monoisotopic (exact) mass is 212 g/mol. The standard InChI is InChI=1S/C12H24N2O/c1-4-13-9-11-5-7-14(8-6-11)12(15)10(2)3/h10-11,13H,4-9H2,1-3H3. The number of amides is 1. The van der Waals surface area contributed by atoms with Crippen molar-refractivity contribution in [1.82, 2.24) is 10.2 Å². The largest absolute Gasteiger partial charge is 0.342 e. The van der Waals surface area contributed by atoms with Gasteiger partial charge in [-0.25, -0.2) is 0 Å². The zero-order valence-electron chi connectivity index (χ0n) is 10.3. The van der Waals surface area contributed by atoms with Gasteiger partial charge in [0, 0.05) is 19.0 Å². The van der Waals surface area contributed by atoms with E-state index in [-0.39, 0.29) is 5.92 Å². The van der Waals surface area contributed by atoms with Gasteiger partial charge in [-0.1, -0.05) is 20.8 Å². The average molecular weight is 212 g/mol. The van der Waals surface area contributed by atoms with Crippen molar-refractivity contribution in [2.24, 2.45) is 11.8 Å². The number of piperidine rings is 1. The Hall–Kier alpha value is -0.570. The Morgan fingerprint density at radius 2 is 2.00 bits per heavy atom. The maximum atomic E-state index is 11.7. The highest BCUT2D eigenvalue weighted by molar-refractivity contribution is 5.78. The number of nitrogens with one attached hydrogen (secondary N) is 1. The first kappa shape index (κ1) is 12.5. The molecule has 3 heteroatoms. The van der Waals surface area contributed by atoms with Crippen LogP contribution in [0.2, 0.25) is 0 Å². The number of likely N-dealkylation sites (tertiary alicyclic amines) is 1. The first-order valence-electron chi connectivity index (χ1n) is 6.14. The molecule has 0 radical (unpaired) electrons. The molecule has 1 N–H and O–H groups in total. The van der Waals surface area contributed by atoms with Crippen LogP contribution in [0.5, 0.6) is 0 Å². The van der Waals surface area contributed by atoms with Gasteiger partial charge in [0.15, 0.2) is 0 Å². The van der Waals surface area contributed by atoms with Crippen LogP contribution in [-0.2, 0) is 4.79 Å². The maximum Gasteiger partial charge on any atom is 0.225 e. The Bertz CT molecular complexity index is 196. The molecule has 1 heterocycles. The topological polar surface area (TPSA) is 32.3 Å². The Labute approximate surface area is 93.2 Å². The highest BCUT2D eigenvalue weighted by atomic mass is 16.2. The summed E-state index contributed by atoms with van der Waals surface area (Å²) in [6, 6.07) is 0. The normalized spacial score (nSPS) is 18.5. The van der Waals surface area contributed by atoms with Gasteiger partial charge in [-0.3, -0.25) is 4.79 Å². The summed E-state index contributed by atoms with van der Waals surface area (Å²) in [5.74, 6) is 1.23. The highest BCUT2D eigenvalue weighted by Gasteiger charge is 2.23. The molecule has 1 aliphatic heterocycles. The van der Waals surface area contributed by atoms with Gasteiger partial charge in [0.2, 0.25) is 5.91 Å². The lowest BCUT2D eigenvalue weighted by Crippen LogP contribution is -2.42. The lowest BCUT2D eigenvalue weighted by molar-refractivity contribution is -0.135. The molecular formula is C12H24N2O. The number of carbonyl (C=O) groups is 1. The van der Waals surface area contributed by atoms with Crippen LogP contribution < -0.4 is 5.32 Å². The van der Waals surface area contributed by atoms with Crippen molar-refractivity contribution >= 4 is 5.91 Å². The molecule has 1 rings (SSSR count). The fourth-order valence-corrected chi connectivity index (χ4v) is 2.07. The van der Waals surface area contributed by atoms with Gasteiger partial charge in [0.1, 0.15) is 0 Å². The number of rotatable bonds is 4. The molecule has 0 bridgehead atoms. The summed E-state index contributed by atoms with van der Waals surface area (Å²) in [7, 11) is 0. The first-order valence-corrected chi connectivity index (χ1v) is 6.14. The third-order valence-electron chi connectivity index (χ3n) is 3.10. The summed E-state index contributed by atoms with van der Waals surface area (Å²) in [6.07, 6.45) is 2.32. The average Bonchev–Trinajstić information content (AvgIpc) is 2.26. The zero-order valence-corrected chi connectivity index (χ0v) is 10.3. The predicted molar refractivity (Wildman–Crippen MR) is 62.7 cm³/mol. The first-order chi connectivity index (χ1) is 7.15. The van der Waals surface area contributed by atoms with Crippen LogP contribution in [0.3, 0.4) is 0 Å². The van der Waals surface area contributed by atoms with E-state index >= 15 is 0 Å². The molecule has 0 aromatic carbocycles. The molecular weight excluding hydrogens is 188 g/mol. The zero-order chi connectivity index (χ0) is 11.3. The molecule has 0 aliphatic carbocycles. The fourth-order valence-electron chi connectivity index (χ4n) is 2.07. The van der Waals surface area contributed by atoms with Crippen molar-refractivity contribution in [1.29, 1.82) is 0 Å². The van der Waals surface area contributed by atoms with E-state index < -0.39 is 0 Å². The van der Waals surface area contributed by atoms with Gasteiger partial charge in [-0.05, 0) is 31.8 Å². The van der Waals surface area contributed by atoms with Crippen molar-refractivity contribution < 1.29 is 4.79 Å². The lowest BCUT2D eigenvalue weighted by Gasteiger charge is -2.33. The molecule has 1 aliphatic rings. The van der Waals surface area contributed by atoms with Crippen molar-refractivity contribution in [3.8, 4) is 0 Å². The van der Waals surface area contributed by atoms with E-state index in [1.807, 2.05) is 18.7 Å². The Morgan fingerprint density at radius 1 is 1.40 bits per heavy atom. The Kier molecular flexibility index (Phi) is 5.09. The molecule has 0 atom stereocenters. The SMILES string of the molecule is CCNCC1CCN(C(=O)C(C)C)CC1. The van der Waals surface area contributed by atoms with Crippen LogP contribution in [-0.4, -0.2) is 37.0 Å². The van der Waals surface area contributed by atoms with Crippen molar-refractivity contribution in [2.75, 3.05) is 26.2 Å². The maximum absolute atomic E-state index is 11.7. The molecule has 1 fully saturated rings. The smallest absolute Gasteiger partial charge is 0.225 e. The van der Waals surface area contributed by atoms with Crippen molar-refractivity contribution in [3.63, 3.8) is 0 Å². The second-order valence-corrected chi connectivity index (χ2v) is 4.73. The minimum absolute atomic E-state index is 0.148. The summed E-state index contributed by atoms with van der Waals surface area (Å²) < 4.78 is 0. The van der Waals surface area contributed by atoms with E-state index in [9.17, 15) is 4.79 Å². The van der Waals surface area contributed by atoms with Crippen LogP contribution in [0.1, 0.15) is 33.6 Å². The van der Waals surface area contributed by atoms with E-state index in [2.05, 4.69) is 12.2 Å². The van der Waals surface area contributed by atoms with Gasteiger partial charge in [-0.15, -0.1) is 0 Å². The Morgan fingerprint density at radius 3 is 2.47 bits per heavy atom. The summed E-state index contributed by atoms with van der Waals surface area (Å²) in [6.45, 7) is 10.2. The molecule has 0 aromatic heterocycles. The molecule has 1 amide bonds. The van der Waals surface area contributed by atoms with E-state index in [0.29, 0.717) is 5.91 Å². The van der Waals surface area contributed by atoms with E-state index in [4.69, 9.17) is 0 Å². The van der Waals surface area contributed by atoms with Crippen molar-refractivity contribution in [2.45, 2.75) is 33.6 Å². The fraction of sp³-hybridized carbons (Fsp3) is 0.917. The third-order valence-corrected chi connectivity index (χ3v) is 3.10. The van der Waals surface area contributed by atoms with Gasteiger partial charge in [0.25, 0.3) is 0 Å². The minimum Gasteiger partial charge on any atom is -0.342 e. The number of hydrogen-bond donors (Lipinski definition) is 1. The lowest BCUT2D eigenvalue weighted by atomic mass is 9.96. The number of nitrogens with zero attached hydrogens (tertiary/aromatic N) is 1. The third kappa shape index (κ3) is 3.82. The second kappa shape index (κ2) is 6.11. The number of carbonyl (C=O) groups excluding carboxylic acids is 1. The van der Waals surface area contributed by atoms with E-state index in [0.717, 1.165) is 44.9 Å². The summed E-state index contributed by atoms with van der Waals surface area (Å²) in [5, 5.41) is 3.38. The highest BCUT2D eigenvalue weighted by Crippen LogP contribution is 2.17. The van der Waals surface area contributed by atoms with Gasteiger partial charge < -0.3 is 10.2 Å². The van der Waals surface area contributed by atoms with Crippen molar-refractivity contribution in [3.05, 3.63) is 0 Å². The van der Waals surface area contributed by atoms with Gasteiger partial charge in [-0.2, -0.15) is 0 Å². The van der Waals surface area contributed by atoms with Crippen LogP contribution in [0, 0.1) is 11.8 Å². The van der Waals surface area contributed by atoms with E-state index in [1.165, 1.54) is 0 Å². The molecule has 0 spiro atoms. The van der Waals surface area contributed by atoms with Crippen LogP contribution in [0.15, 0.2) is 0 Å². The van der Waals surface area contributed by atoms with Gasteiger partial charge >= 0.3 is 0 Å². The molecule has 15 heavy (non-hydrogen) atoms. The minimum atomic E-state index is 0.148. The van der Waals surface area contributed by atoms with E-state index in [1.54, 1.807) is 0 Å². The molecule has 1 saturated heterocycles. The van der Waals surface area contributed by atoms with Crippen LogP contribution in [0.4, 0.5) is 0 Å². The molecule has 0 unspecified atom stereocenters. The van der Waals surface area contributed by atoms with Crippen LogP contribution >= 0.6 is 0 Å². The Balaban J connectivity index is 2.26. The second-order valence-electron chi connectivity index (χ2n) is 4.73. The quantitative estimate of drug-likeness (QED) is 0.766. The predicted octanol–water partition coefficient (Wildman–Crippen LogP) is 1.49. The van der Waals surface area contributed by atoms with Gasteiger partial charge in [0.05, 0.1) is 0 Å². The molecule has 88 valence electrons. The summed E-state index contributed by atoms with van der Waals surface area (Å²) in [5.41, 5.74) is 0. The number of hydrogen-bond acceptors (Lipinski definition) is 2. The van der Waals surface area contributed by atoms with Crippen LogP contribution in [0.25, 0.3) is 0 Å². The summed E-state index contributed by atoms with van der Waals surface area (Å²) >= 11 is 0.